The average Bonchev–Trinajstić information content (AvgIpc) is 2.62. The molecule has 4 rings (SSSR count). The minimum atomic E-state index is -0.202. The molecule has 4 nitrogen and oxygen atoms in total. The van der Waals surface area contributed by atoms with Crippen molar-refractivity contribution in [2.75, 3.05) is 38.1 Å². The number of benzene rings is 1. The lowest BCUT2D eigenvalue weighted by Gasteiger charge is -2.33. The smallest absolute Gasteiger partial charge is 0.226 e. The van der Waals surface area contributed by atoms with E-state index in [1.54, 1.807) is 23.9 Å². The lowest BCUT2D eigenvalue weighted by molar-refractivity contribution is 0.310. The molecule has 6 heteroatoms. The zero-order chi connectivity index (χ0) is 17.2. The Morgan fingerprint density at radius 3 is 2.64 bits per heavy atom. The number of hydrogen-bond acceptors (Lipinski definition) is 5. The van der Waals surface area contributed by atoms with Gasteiger partial charge in [0.15, 0.2) is 0 Å². The van der Waals surface area contributed by atoms with Crippen LogP contribution in [0.15, 0.2) is 34.2 Å². The molecule has 1 fully saturated rings. The monoisotopic (exact) mass is 358 g/mol. The normalized spacial score (nSPS) is 18.2. The molecule has 0 unspecified atom stereocenters. The van der Waals surface area contributed by atoms with Crippen molar-refractivity contribution in [1.29, 1.82) is 0 Å². The van der Waals surface area contributed by atoms with Gasteiger partial charge in [-0.25, -0.2) is 14.4 Å². The van der Waals surface area contributed by atoms with Crippen LogP contribution >= 0.6 is 11.8 Å². The molecular weight excluding hydrogens is 335 g/mol. The molecule has 1 aliphatic carbocycles. The predicted octanol–water partition coefficient (Wildman–Crippen LogP) is 3.40. The van der Waals surface area contributed by atoms with Gasteiger partial charge in [0.2, 0.25) is 5.95 Å². The number of likely N-dealkylation sites (N-methyl/N-ethyl adjacent to an activating group) is 1. The Hall–Kier alpha value is -1.66. The number of aryl methyl sites for hydroxylation is 1. The third kappa shape index (κ3) is 3.80. The third-order valence-corrected chi connectivity index (χ3v) is 5.95. The summed E-state index contributed by atoms with van der Waals surface area (Å²) in [5.74, 6) is 0.639. The SMILES string of the molecule is CN1CCN(c2nc3c(c(Sc4cccc(F)c4)n2)CCCC3)CC1. The van der Waals surface area contributed by atoms with Gasteiger partial charge in [-0.05, 0) is 50.9 Å². The Labute approximate surface area is 152 Å². The molecule has 0 bridgehead atoms. The second kappa shape index (κ2) is 7.30. The van der Waals surface area contributed by atoms with Gasteiger partial charge in [0.25, 0.3) is 0 Å². The maximum absolute atomic E-state index is 13.6. The van der Waals surface area contributed by atoms with Crippen LogP contribution in [0.3, 0.4) is 0 Å². The van der Waals surface area contributed by atoms with Gasteiger partial charge in [-0.15, -0.1) is 0 Å². The minimum Gasteiger partial charge on any atom is -0.338 e. The van der Waals surface area contributed by atoms with Crippen LogP contribution in [0.5, 0.6) is 0 Å². The highest BCUT2D eigenvalue weighted by Gasteiger charge is 2.23. The van der Waals surface area contributed by atoms with E-state index in [-0.39, 0.29) is 5.82 Å². The largest absolute Gasteiger partial charge is 0.338 e. The first-order valence-corrected chi connectivity index (χ1v) is 9.77. The fraction of sp³-hybridized carbons (Fsp3) is 0.474. The van der Waals surface area contributed by atoms with Gasteiger partial charge in [-0.3, -0.25) is 0 Å². The van der Waals surface area contributed by atoms with Gasteiger partial charge in [0.05, 0.1) is 5.69 Å². The lowest BCUT2D eigenvalue weighted by Crippen LogP contribution is -2.45. The average molecular weight is 358 g/mol. The molecule has 1 aromatic carbocycles. The van der Waals surface area contributed by atoms with Gasteiger partial charge >= 0.3 is 0 Å². The molecule has 2 aromatic rings. The maximum atomic E-state index is 13.6. The molecular formula is C19H23FN4S. The summed E-state index contributed by atoms with van der Waals surface area (Å²) in [6.07, 6.45) is 4.42. The zero-order valence-electron chi connectivity index (χ0n) is 14.5. The first-order valence-electron chi connectivity index (χ1n) is 8.96. The summed E-state index contributed by atoms with van der Waals surface area (Å²) in [6.45, 7) is 3.98. The summed E-state index contributed by atoms with van der Waals surface area (Å²) < 4.78 is 13.6. The molecule has 2 aliphatic rings. The number of piperazine rings is 1. The highest BCUT2D eigenvalue weighted by molar-refractivity contribution is 7.99. The molecule has 0 atom stereocenters. The Kier molecular flexibility index (Phi) is 4.90. The van der Waals surface area contributed by atoms with E-state index < -0.39 is 0 Å². The fourth-order valence-electron chi connectivity index (χ4n) is 3.42. The molecule has 0 spiro atoms. The van der Waals surface area contributed by atoms with E-state index >= 15 is 0 Å². The molecule has 1 aliphatic heterocycles. The van der Waals surface area contributed by atoms with Crippen LogP contribution in [-0.2, 0) is 12.8 Å². The summed E-state index contributed by atoms with van der Waals surface area (Å²) in [5, 5.41) is 1.00. The quantitative estimate of drug-likeness (QED) is 0.785. The number of fused-ring (bicyclic) bond motifs is 1. The van der Waals surface area contributed by atoms with Crippen molar-refractivity contribution in [1.82, 2.24) is 14.9 Å². The van der Waals surface area contributed by atoms with E-state index in [4.69, 9.17) is 9.97 Å². The Morgan fingerprint density at radius 2 is 1.84 bits per heavy atom. The zero-order valence-corrected chi connectivity index (χ0v) is 15.4. The lowest BCUT2D eigenvalue weighted by atomic mass is 9.97. The summed E-state index contributed by atoms with van der Waals surface area (Å²) in [5.41, 5.74) is 2.45. The van der Waals surface area contributed by atoms with Crippen molar-refractivity contribution in [3.05, 3.63) is 41.3 Å². The van der Waals surface area contributed by atoms with Gasteiger partial charge in [0, 0.05) is 36.6 Å². The molecule has 0 radical (unpaired) electrons. The van der Waals surface area contributed by atoms with E-state index in [1.165, 1.54) is 30.2 Å². The van der Waals surface area contributed by atoms with Crippen LogP contribution in [-0.4, -0.2) is 48.1 Å². The molecule has 0 saturated carbocycles. The summed E-state index contributed by atoms with van der Waals surface area (Å²) in [6, 6.07) is 6.76. The fourth-order valence-corrected chi connectivity index (χ4v) is 4.43. The third-order valence-electron chi connectivity index (χ3n) is 4.93. The van der Waals surface area contributed by atoms with Crippen molar-refractivity contribution in [2.24, 2.45) is 0 Å². The van der Waals surface area contributed by atoms with Crippen molar-refractivity contribution >= 4 is 17.7 Å². The Morgan fingerprint density at radius 1 is 1.04 bits per heavy atom. The van der Waals surface area contributed by atoms with E-state index in [9.17, 15) is 4.39 Å². The number of aromatic nitrogens is 2. The van der Waals surface area contributed by atoms with E-state index in [0.29, 0.717) is 0 Å². The maximum Gasteiger partial charge on any atom is 0.226 e. The van der Waals surface area contributed by atoms with Gasteiger partial charge in [-0.1, -0.05) is 17.8 Å². The standard InChI is InChI=1S/C19H23FN4S/c1-23-9-11-24(12-10-23)19-21-17-8-3-2-7-16(17)18(22-19)25-15-6-4-5-14(20)13-15/h4-6,13H,2-3,7-12H2,1H3. The second-order valence-corrected chi connectivity index (χ2v) is 7.87. The molecule has 0 amide bonds. The first kappa shape index (κ1) is 16.8. The molecule has 132 valence electrons. The van der Waals surface area contributed by atoms with Crippen LogP contribution in [0.4, 0.5) is 10.3 Å². The van der Waals surface area contributed by atoms with E-state index in [0.717, 1.165) is 54.9 Å². The number of rotatable bonds is 3. The van der Waals surface area contributed by atoms with Gasteiger partial charge in [-0.2, -0.15) is 0 Å². The first-order chi connectivity index (χ1) is 12.2. The Bertz CT molecular complexity index is 759. The van der Waals surface area contributed by atoms with Crippen LogP contribution < -0.4 is 4.90 Å². The molecule has 1 aromatic heterocycles. The molecule has 0 N–H and O–H groups in total. The van der Waals surface area contributed by atoms with Crippen LogP contribution in [0.2, 0.25) is 0 Å². The summed E-state index contributed by atoms with van der Waals surface area (Å²) >= 11 is 1.57. The number of hydrogen-bond donors (Lipinski definition) is 0. The topological polar surface area (TPSA) is 32.3 Å². The van der Waals surface area contributed by atoms with Crippen LogP contribution in [0.1, 0.15) is 24.1 Å². The van der Waals surface area contributed by atoms with Crippen molar-refractivity contribution in [3.8, 4) is 0 Å². The number of nitrogens with zero attached hydrogens (tertiary/aromatic N) is 4. The van der Waals surface area contributed by atoms with Crippen molar-refractivity contribution < 1.29 is 4.39 Å². The molecule has 2 heterocycles. The van der Waals surface area contributed by atoms with Crippen molar-refractivity contribution in [2.45, 2.75) is 35.6 Å². The highest BCUT2D eigenvalue weighted by Crippen LogP contribution is 2.35. The number of halogens is 1. The number of anilines is 1. The summed E-state index contributed by atoms with van der Waals surface area (Å²) in [7, 11) is 2.15. The molecule has 1 saturated heterocycles. The predicted molar refractivity (Wildman–Crippen MR) is 98.9 cm³/mol. The summed E-state index contributed by atoms with van der Waals surface area (Å²) in [4.78, 5) is 15.3. The van der Waals surface area contributed by atoms with Crippen LogP contribution in [0, 0.1) is 5.82 Å². The van der Waals surface area contributed by atoms with E-state index in [2.05, 4.69) is 16.8 Å². The Balaban J connectivity index is 1.67. The molecule has 25 heavy (non-hydrogen) atoms. The minimum absolute atomic E-state index is 0.202. The van der Waals surface area contributed by atoms with Crippen molar-refractivity contribution in [3.63, 3.8) is 0 Å². The van der Waals surface area contributed by atoms with Gasteiger partial charge in [0.1, 0.15) is 10.8 Å². The van der Waals surface area contributed by atoms with E-state index in [1.807, 2.05) is 6.07 Å². The van der Waals surface area contributed by atoms with Crippen LogP contribution in [0.25, 0.3) is 0 Å². The highest BCUT2D eigenvalue weighted by atomic mass is 32.2. The van der Waals surface area contributed by atoms with Gasteiger partial charge < -0.3 is 9.80 Å². The second-order valence-electron chi connectivity index (χ2n) is 6.81.